The second-order valence-electron chi connectivity index (χ2n) is 11.6. The van der Waals surface area contributed by atoms with Gasteiger partial charge in [-0.3, -0.25) is 19.8 Å². The molecule has 0 bridgehead atoms. The van der Waals surface area contributed by atoms with Gasteiger partial charge in [-0.1, -0.05) is 57.3 Å². The molecule has 2 heterocycles. The summed E-state index contributed by atoms with van der Waals surface area (Å²) in [4.78, 5) is 28.1. The van der Waals surface area contributed by atoms with Gasteiger partial charge in [0.05, 0.1) is 9.95 Å². The monoisotopic (exact) mass is 690 g/mol. The van der Waals surface area contributed by atoms with E-state index in [4.69, 9.17) is 23.2 Å². The number of hydrogen-bond acceptors (Lipinski definition) is 6. The van der Waals surface area contributed by atoms with Crippen LogP contribution in [-0.2, 0) is 16.9 Å². The zero-order valence-electron chi connectivity index (χ0n) is 23.2. The number of nitro benzene ring substituents is 1. The summed E-state index contributed by atoms with van der Waals surface area (Å²) < 4.78 is 16.8. The number of fused-ring (bicyclic) bond motifs is 2. The van der Waals surface area contributed by atoms with Gasteiger partial charge in [-0.2, -0.15) is 0 Å². The zero-order chi connectivity index (χ0) is 30.6. The van der Waals surface area contributed by atoms with Gasteiger partial charge in [0, 0.05) is 70.1 Å². The first-order valence-corrected chi connectivity index (χ1v) is 15.7. The normalized spacial score (nSPS) is 24.9. The smallest absolute Gasteiger partial charge is 0.274 e. The lowest BCUT2D eigenvalue weighted by Gasteiger charge is -2.40. The van der Waals surface area contributed by atoms with Crippen LogP contribution in [0, 0.1) is 28.8 Å². The van der Waals surface area contributed by atoms with E-state index in [0.29, 0.717) is 40.7 Å². The van der Waals surface area contributed by atoms with Crippen LogP contribution in [0.25, 0.3) is 0 Å². The van der Waals surface area contributed by atoms with Crippen molar-refractivity contribution < 1.29 is 19.2 Å². The third kappa shape index (κ3) is 5.15. The lowest BCUT2D eigenvalue weighted by Crippen LogP contribution is -2.52. The first kappa shape index (κ1) is 30.4. The molecule has 0 unspecified atom stereocenters. The van der Waals surface area contributed by atoms with Crippen molar-refractivity contribution in [3.8, 4) is 0 Å². The number of anilines is 1. The molecule has 0 aromatic heterocycles. The van der Waals surface area contributed by atoms with Crippen molar-refractivity contribution in [2.24, 2.45) is 5.92 Å². The number of aliphatic hydroxyl groups is 1. The molecule has 1 spiro atoms. The largest absolute Gasteiger partial charge is 0.396 e. The van der Waals surface area contributed by atoms with Crippen LogP contribution >= 0.6 is 39.1 Å². The Kier molecular flexibility index (Phi) is 8.29. The van der Waals surface area contributed by atoms with Crippen molar-refractivity contribution in [3.63, 3.8) is 0 Å². The van der Waals surface area contributed by atoms with E-state index in [2.05, 4.69) is 31.5 Å². The summed E-state index contributed by atoms with van der Waals surface area (Å²) in [6.45, 7) is 2.24. The molecule has 1 amide bonds. The molecule has 3 aromatic carbocycles. The fraction of sp³-hybridized carbons (Fsp3) is 0.387. The van der Waals surface area contributed by atoms with E-state index in [1.54, 1.807) is 37.3 Å². The summed E-state index contributed by atoms with van der Waals surface area (Å²) in [7, 11) is 0. The van der Waals surface area contributed by atoms with E-state index in [1.807, 2.05) is 6.07 Å². The summed E-state index contributed by atoms with van der Waals surface area (Å²) in [5, 5.41) is 29.2. The number of likely N-dealkylation sites (tertiary alicyclic amines) is 1. The molecule has 3 aliphatic rings. The van der Waals surface area contributed by atoms with Gasteiger partial charge in [-0.15, -0.1) is 0 Å². The van der Waals surface area contributed by atoms with Gasteiger partial charge in [0.1, 0.15) is 11.4 Å². The Balaban J connectivity index is 1.56. The highest BCUT2D eigenvalue weighted by Gasteiger charge is 2.67. The Morgan fingerprint density at radius 3 is 2.70 bits per heavy atom. The lowest BCUT2D eigenvalue weighted by atomic mass is 9.73. The molecule has 1 saturated carbocycles. The molecule has 3 aromatic rings. The molecule has 6 rings (SSSR count). The molecule has 12 heteroatoms. The number of amides is 1. The van der Waals surface area contributed by atoms with E-state index in [-0.39, 0.29) is 35.3 Å². The Hall–Kier alpha value is -2.60. The number of nitro groups is 1. The van der Waals surface area contributed by atoms with Gasteiger partial charge in [-0.05, 0) is 67.5 Å². The van der Waals surface area contributed by atoms with E-state index in [9.17, 15) is 20.0 Å². The minimum absolute atomic E-state index is 0.0430. The highest BCUT2D eigenvalue weighted by Crippen LogP contribution is 2.59. The van der Waals surface area contributed by atoms with Gasteiger partial charge >= 0.3 is 0 Å². The Morgan fingerprint density at radius 1 is 1.23 bits per heavy atom. The number of carbonyl (C=O) groups is 1. The van der Waals surface area contributed by atoms with Gasteiger partial charge in [0.2, 0.25) is 5.91 Å². The maximum absolute atomic E-state index is 16.1. The second kappa shape index (κ2) is 11.7. The van der Waals surface area contributed by atoms with E-state index in [1.165, 1.54) is 12.1 Å². The molecule has 1 saturated heterocycles. The molecule has 4 atom stereocenters. The van der Waals surface area contributed by atoms with Crippen molar-refractivity contribution >= 4 is 56.4 Å². The van der Waals surface area contributed by atoms with Crippen LogP contribution in [0.5, 0.6) is 0 Å². The molecule has 3 N–H and O–H groups in total. The molecule has 8 nitrogen and oxygen atoms in total. The third-order valence-corrected chi connectivity index (χ3v) is 10.4. The average Bonchev–Trinajstić information content (AvgIpc) is 3.69. The van der Waals surface area contributed by atoms with Crippen molar-refractivity contribution in [1.29, 1.82) is 0 Å². The third-order valence-electron chi connectivity index (χ3n) is 9.04. The summed E-state index contributed by atoms with van der Waals surface area (Å²) in [5.41, 5.74) is 1.23. The first-order valence-electron chi connectivity index (χ1n) is 14.2. The number of hydrogen-bond donors (Lipinski definition) is 3. The Labute approximate surface area is 266 Å². The van der Waals surface area contributed by atoms with Crippen LogP contribution in [-0.4, -0.2) is 46.1 Å². The predicted molar refractivity (Wildman–Crippen MR) is 167 cm³/mol. The van der Waals surface area contributed by atoms with Crippen molar-refractivity contribution in [3.05, 3.63) is 101 Å². The van der Waals surface area contributed by atoms with Crippen LogP contribution in [0.2, 0.25) is 10.0 Å². The molecule has 1 aliphatic carbocycles. The fourth-order valence-corrected chi connectivity index (χ4v) is 7.75. The second-order valence-corrected chi connectivity index (χ2v) is 13.3. The van der Waals surface area contributed by atoms with E-state index >= 15 is 4.39 Å². The number of carbonyl (C=O) groups excluding carboxylic acids is 1. The fourth-order valence-electron chi connectivity index (χ4n) is 7.01. The topological polar surface area (TPSA) is 108 Å². The number of halogens is 4. The number of nitrogens with zero attached hydrogens (tertiary/aromatic N) is 2. The zero-order valence-corrected chi connectivity index (χ0v) is 26.3. The molecule has 2 aliphatic heterocycles. The minimum Gasteiger partial charge on any atom is -0.396 e. The van der Waals surface area contributed by atoms with Crippen molar-refractivity contribution in [1.82, 2.24) is 10.2 Å². The number of aliphatic hydroxyl groups excluding tert-OH is 1. The van der Waals surface area contributed by atoms with E-state index in [0.717, 1.165) is 22.9 Å². The van der Waals surface area contributed by atoms with Crippen LogP contribution in [0.3, 0.4) is 0 Å². The Morgan fingerprint density at radius 2 is 2.00 bits per heavy atom. The van der Waals surface area contributed by atoms with Crippen LogP contribution in [0.4, 0.5) is 15.8 Å². The van der Waals surface area contributed by atoms with Crippen LogP contribution < -0.4 is 10.6 Å². The molecule has 2 fully saturated rings. The van der Waals surface area contributed by atoms with Gasteiger partial charge in [0.15, 0.2) is 0 Å². The van der Waals surface area contributed by atoms with Gasteiger partial charge in [-0.25, -0.2) is 4.39 Å². The molecule has 0 radical (unpaired) electrons. The van der Waals surface area contributed by atoms with Gasteiger partial charge < -0.3 is 15.7 Å². The van der Waals surface area contributed by atoms with Crippen molar-refractivity contribution in [2.45, 2.75) is 56.3 Å². The summed E-state index contributed by atoms with van der Waals surface area (Å²) in [5.74, 6) is -1.40. The Bertz CT molecular complexity index is 1620. The standard InChI is InChI=1S/C31H30BrCl2FN4O4/c1-16-11-26(39(42)43)18(12-22(16)32)14-36-29-25(9-10-40)38(15-17-5-6-17)31(27(29)20-3-2-4-23(34)28(20)35)21-8-7-19(33)13-24(21)37-30(31)41/h2-4,7-8,11-13,17,25,27,29,36,40H,5-6,9-10,14-15H2,1H3,(H,37,41)/t25-,27-,29+,31+/m0/s1. The predicted octanol–water partition coefficient (Wildman–Crippen LogP) is 6.68. The van der Waals surface area contributed by atoms with Crippen LogP contribution in [0.1, 0.15) is 47.4 Å². The SMILES string of the molecule is Cc1cc([N+](=O)[O-])c(CN[C@@H]2[C@H](CCO)N(CC3CC3)[C@@]3(C(=O)Nc4cc(Cl)ccc43)[C@H]2c2cccc(Cl)c2F)cc1Br. The number of rotatable bonds is 9. The summed E-state index contributed by atoms with van der Waals surface area (Å²) >= 11 is 16.2. The number of benzene rings is 3. The maximum atomic E-state index is 16.1. The number of aryl methyl sites for hydroxylation is 1. The lowest BCUT2D eigenvalue weighted by molar-refractivity contribution is -0.385. The van der Waals surface area contributed by atoms with Crippen molar-refractivity contribution in [2.75, 3.05) is 18.5 Å². The molecule has 226 valence electrons. The molecular formula is C31H30BrCl2FN4O4. The summed E-state index contributed by atoms with van der Waals surface area (Å²) in [6, 6.07) is 12.2. The quantitative estimate of drug-likeness (QED) is 0.171. The first-order chi connectivity index (χ1) is 20.6. The molecule has 43 heavy (non-hydrogen) atoms. The highest BCUT2D eigenvalue weighted by molar-refractivity contribution is 9.10. The average molecular weight is 692 g/mol. The maximum Gasteiger partial charge on any atom is 0.274 e. The number of nitrogens with one attached hydrogen (secondary N) is 2. The van der Waals surface area contributed by atoms with Crippen LogP contribution in [0.15, 0.2) is 53.0 Å². The van der Waals surface area contributed by atoms with E-state index < -0.39 is 34.3 Å². The molecular weight excluding hydrogens is 662 g/mol. The highest BCUT2D eigenvalue weighted by atomic mass is 79.9. The minimum atomic E-state index is -1.36. The van der Waals surface area contributed by atoms with Gasteiger partial charge in [0.25, 0.3) is 5.69 Å². The summed E-state index contributed by atoms with van der Waals surface area (Å²) in [6.07, 6.45) is 2.30.